The molecule has 2 aliphatic heterocycles. The van der Waals surface area contributed by atoms with Gasteiger partial charge < -0.3 is 10.2 Å². The third-order valence-electron chi connectivity index (χ3n) is 4.71. The summed E-state index contributed by atoms with van der Waals surface area (Å²) in [6.07, 6.45) is 5.41. The highest BCUT2D eigenvalue weighted by atomic mass is 35.5. The predicted molar refractivity (Wildman–Crippen MR) is 87.5 cm³/mol. The zero-order chi connectivity index (χ0) is 12.9. The van der Waals surface area contributed by atoms with Gasteiger partial charge in [-0.1, -0.05) is 30.3 Å². The average Bonchev–Trinajstić information content (AvgIpc) is 2.88. The molecule has 0 amide bonds. The zero-order valence-corrected chi connectivity index (χ0v) is 13.1. The van der Waals surface area contributed by atoms with Crippen LogP contribution in [0.25, 0.3) is 0 Å². The van der Waals surface area contributed by atoms with Crippen molar-refractivity contribution in [3.63, 3.8) is 0 Å². The Bertz CT molecular complexity index is 376. The maximum absolute atomic E-state index is 3.46. The molecule has 1 atom stereocenters. The van der Waals surface area contributed by atoms with Gasteiger partial charge in [-0.15, -0.1) is 12.4 Å². The first-order chi connectivity index (χ1) is 9.40. The van der Waals surface area contributed by atoms with Crippen LogP contribution in [0.5, 0.6) is 0 Å². The summed E-state index contributed by atoms with van der Waals surface area (Å²) in [7, 11) is 0. The van der Waals surface area contributed by atoms with E-state index >= 15 is 0 Å². The molecule has 0 aromatic heterocycles. The van der Waals surface area contributed by atoms with E-state index in [9.17, 15) is 0 Å². The highest BCUT2D eigenvalue weighted by Gasteiger charge is 2.25. The van der Waals surface area contributed by atoms with Crippen molar-refractivity contribution in [1.29, 1.82) is 0 Å². The molecule has 112 valence electrons. The van der Waals surface area contributed by atoms with Crippen molar-refractivity contribution in [2.75, 3.05) is 32.7 Å². The van der Waals surface area contributed by atoms with Crippen molar-refractivity contribution in [3.8, 4) is 0 Å². The fourth-order valence-corrected chi connectivity index (χ4v) is 3.62. The van der Waals surface area contributed by atoms with Crippen molar-refractivity contribution >= 4 is 12.4 Å². The molecule has 0 saturated carbocycles. The van der Waals surface area contributed by atoms with Gasteiger partial charge in [0.1, 0.15) is 0 Å². The van der Waals surface area contributed by atoms with E-state index in [1.54, 1.807) is 0 Å². The van der Waals surface area contributed by atoms with E-state index in [2.05, 4.69) is 40.5 Å². The van der Waals surface area contributed by atoms with Crippen LogP contribution in [-0.2, 0) is 6.42 Å². The van der Waals surface area contributed by atoms with Crippen LogP contribution in [0, 0.1) is 11.8 Å². The molecule has 3 heteroatoms. The van der Waals surface area contributed by atoms with E-state index in [0.29, 0.717) is 0 Å². The summed E-state index contributed by atoms with van der Waals surface area (Å²) in [5.41, 5.74) is 1.51. The minimum absolute atomic E-state index is 0. The molecule has 2 heterocycles. The maximum Gasteiger partial charge on any atom is 0.00134 e. The lowest BCUT2D eigenvalue weighted by molar-refractivity contribution is 0.234. The molecule has 2 aliphatic rings. The Morgan fingerprint density at radius 3 is 2.50 bits per heavy atom. The molecule has 20 heavy (non-hydrogen) atoms. The van der Waals surface area contributed by atoms with Crippen LogP contribution in [0.2, 0.25) is 0 Å². The summed E-state index contributed by atoms with van der Waals surface area (Å²) in [5.74, 6) is 1.82. The van der Waals surface area contributed by atoms with E-state index in [1.807, 2.05) is 0 Å². The number of benzene rings is 1. The lowest BCUT2D eigenvalue weighted by Gasteiger charge is -2.27. The van der Waals surface area contributed by atoms with Crippen LogP contribution in [0.3, 0.4) is 0 Å². The molecular weight excluding hydrogens is 268 g/mol. The van der Waals surface area contributed by atoms with Gasteiger partial charge in [-0.3, -0.25) is 0 Å². The Kier molecular flexibility index (Phi) is 6.34. The Hall–Kier alpha value is -0.570. The molecule has 1 unspecified atom stereocenters. The van der Waals surface area contributed by atoms with Crippen molar-refractivity contribution in [2.24, 2.45) is 11.8 Å². The zero-order valence-electron chi connectivity index (χ0n) is 12.3. The number of rotatable bonds is 4. The van der Waals surface area contributed by atoms with E-state index in [4.69, 9.17) is 0 Å². The molecule has 2 fully saturated rings. The smallest absolute Gasteiger partial charge is 0.00134 e. The standard InChI is InChI=1S/C17H26N2.ClH/c1-2-4-15(5-3-1)12-17-8-11-19(14-17)13-16-6-9-18-10-7-16;/h1-5,16-18H,6-14H2;1H. The summed E-state index contributed by atoms with van der Waals surface area (Å²) in [4.78, 5) is 2.71. The Morgan fingerprint density at radius 2 is 1.75 bits per heavy atom. The average molecular weight is 295 g/mol. The van der Waals surface area contributed by atoms with Crippen molar-refractivity contribution in [2.45, 2.75) is 25.7 Å². The number of nitrogens with zero attached hydrogens (tertiary/aromatic N) is 1. The van der Waals surface area contributed by atoms with Gasteiger partial charge >= 0.3 is 0 Å². The Labute approximate surface area is 129 Å². The third kappa shape index (κ3) is 4.47. The fraction of sp³-hybridized carbons (Fsp3) is 0.647. The molecule has 0 aliphatic carbocycles. The van der Waals surface area contributed by atoms with E-state index in [-0.39, 0.29) is 12.4 Å². The van der Waals surface area contributed by atoms with Gasteiger partial charge in [0.05, 0.1) is 0 Å². The van der Waals surface area contributed by atoms with Gasteiger partial charge in [0, 0.05) is 13.1 Å². The summed E-state index contributed by atoms with van der Waals surface area (Å²) < 4.78 is 0. The third-order valence-corrected chi connectivity index (χ3v) is 4.71. The van der Waals surface area contributed by atoms with Crippen LogP contribution in [0.15, 0.2) is 30.3 Å². The molecule has 3 rings (SSSR count). The largest absolute Gasteiger partial charge is 0.317 e. The molecule has 1 aromatic rings. The summed E-state index contributed by atoms with van der Waals surface area (Å²) >= 11 is 0. The topological polar surface area (TPSA) is 15.3 Å². The van der Waals surface area contributed by atoms with Crippen LogP contribution in [0.1, 0.15) is 24.8 Å². The molecule has 2 nitrogen and oxygen atoms in total. The summed E-state index contributed by atoms with van der Waals surface area (Å²) in [6, 6.07) is 11.0. The summed E-state index contributed by atoms with van der Waals surface area (Å²) in [6.45, 7) is 6.44. The first-order valence-corrected chi connectivity index (χ1v) is 7.87. The van der Waals surface area contributed by atoms with Crippen molar-refractivity contribution in [3.05, 3.63) is 35.9 Å². The van der Waals surface area contributed by atoms with Gasteiger partial charge in [0.25, 0.3) is 0 Å². The van der Waals surface area contributed by atoms with Crippen LogP contribution in [-0.4, -0.2) is 37.6 Å². The van der Waals surface area contributed by atoms with Gasteiger partial charge in [-0.05, 0) is 62.7 Å². The van der Waals surface area contributed by atoms with E-state index < -0.39 is 0 Å². The number of hydrogen-bond acceptors (Lipinski definition) is 2. The van der Waals surface area contributed by atoms with E-state index in [0.717, 1.165) is 11.8 Å². The highest BCUT2D eigenvalue weighted by molar-refractivity contribution is 5.85. The lowest BCUT2D eigenvalue weighted by atomic mass is 9.97. The summed E-state index contributed by atoms with van der Waals surface area (Å²) in [5, 5.41) is 3.46. The number of likely N-dealkylation sites (tertiary alicyclic amines) is 1. The van der Waals surface area contributed by atoms with Crippen molar-refractivity contribution < 1.29 is 0 Å². The second kappa shape index (κ2) is 8.02. The second-order valence-corrected chi connectivity index (χ2v) is 6.30. The van der Waals surface area contributed by atoms with Crippen LogP contribution in [0.4, 0.5) is 0 Å². The number of halogens is 1. The van der Waals surface area contributed by atoms with Gasteiger partial charge in [0.2, 0.25) is 0 Å². The molecule has 0 spiro atoms. The molecule has 1 aromatic carbocycles. The van der Waals surface area contributed by atoms with Gasteiger partial charge in [0.15, 0.2) is 0 Å². The maximum atomic E-state index is 3.46. The monoisotopic (exact) mass is 294 g/mol. The molecule has 0 radical (unpaired) electrons. The Balaban J connectivity index is 0.00000147. The highest BCUT2D eigenvalue weighted by Crippen LogP contribution is 2.23. The quantitative estimate of drug-likeness (QED) is 0.918. The second-order valence-electron chi connectivity index (χ2n) is 6.30. The van der Waals surface area contributed by atoms with E-state index in [1.165, 1.54) is 64.0 Å². The SMILES string of the molecule is Cl.c1ccc(CC2CCN(CC3CCNCC3)C2)cc1. The number of piperidine rings is 1. The molecule has 2 saturated heterocycles. The van der Waals surface area contributed by atoms with Crippen molar-refractivity contribution in [1.82, 2.24) is 10.2 Å². The van der Waals surface area contributed by atoms with Crippen LogP contribution >= 0.6 is 12.4 Å². The fourth-order valence-electron chi connectivity index (χ4n) is 3.62. The normalized spacial score (nSPS) is 24.5. The van der Waals surface area contributed by atoms with Crippen LogP contribution < -0.4 is 5.32 Å². The van der Waals surface area contributed by atoms with Gasteiger partial charge in [-0.25, -0.2) is 0 Å². The number of nitrogens with one attached hydrogen (secondary N) is 1. The lowest BCUT2D eigenvalue weighted by Crippen LogP contribution is -2.35. The Morgan fingerprint density at radius 1 is 1.00 bits per heavy atom. The first-order valence-electron chi connectivity index (χ1n) is 7.87. The molecule has 1 N–H and O–H groups in total. The predicted octanol–water partition coefficient (Wildman–Crippen LogP) is 2.97. The molecule has 0 bridgehead atoms. The minimum atomic E-state index is 0. The van der Waals surface area contributed by atoms with Gasteiger partial charge in [-0.2, -0.15) is 0 Å². The minimum Gasteiger partial charge on any atom is -0.317 e. The first kappa shape index (κ1) is 15.8. The number of hydrogen-bond donors (Lipinski definition) is 1. The molecular formula is C17H27ClN2.